The molecule has 1 saturated heterocycles. The summed E-state index contributed by atoms with van der Waals surface area (Å²) in [7, 11) is -3.50. The molecular weight excluding hydrogens is 434 g/mol. The molecule has 2 aromatic carbocycles. The fraction of sp³-hybridized carbons (Fsp3) is 0.423. The maximum absolute atomic E-state index is 12.9. The summed E-state index contributed by atoms with van der Waals surface area (Å²) in [5.41, 5.74) is 2.03. The molecule has 1 atom stereocenters. The average molecular weight is 470 g/mol. The van der Waals surface area contributed by atoms with Crippen molar-refractivity contribution in [1.82, 2.24) is 14.5 Å². The SMILES string of the molecule is CCN(CC)[C@@H](CNC(=O)C1CCN(S(=O)(=O)/C=C/c2ccccc2)CC1)c1ccccc1. The monoisotopic (exact) mass is 469 g/mol. The van der Waals surface area contributed by atoms with Crippen molar-refractivity contribution in [2.45, 2.75) is 32.7 Å². The second-order valence-electron chi connectivity index (χ2n) is 8.32. The first kappa shape index (κ1) is 25.1. The number of amides is 1. The van der Waals surface area contributed by atoms with Crippen molar-refractivity contribution in [3.05, 3.63) is 77.2 Å². The molecule has 0 bridgehead atoms. The number of likely N-dealkylation sites (N-methyl/N-ethyl adjacent to an activating group) is 1. The highest BCUT2D eigenvalue weighted by atomic mass is 32.2. The molecule has 1 heterocycles. The van der Waals surface area contributed by atoms with Crippen LogP contribution >= 0.6 is 0 Å². The van der Waals surface area contributed by atoms with Crippen LogP contribution in [0.5, 0.6) is 0 Å². The van der Waals surface area contributed by atoms with Crippen molar-refractivity contribution < 1.29 is 13.2 Å². The van der Waals surface area contributed by atoms with Crippen LogP contribution in [-0.2, 0) is 14.8 Å². The minimum atomic E-state index is -3.50. The summed E-state index contributed by atoms with van der Waals surface area (Å²) >= 11 is 0. The van der Waals surface area contributed by atoms with Gasteiger partial charge in [-0.05, 0) is 43.1 Å². The summed E-state index contributed by atoms with van der Waals surface area (Å²) in [5, 5.41) is 4.40. The van der Waals surface area contributed by atoms with Gasteiger partial charge in [0.25, 0.3) is 0 Å². The number of nitrogens with zero attached hydrogens (tertiary/aromatic N) is 2. The zero-order valence-corrected chi connectivity index (χ0v) is 20.4. The lowest BCUT2D eigenvalue weighted by Crippen LogP contribution is -2.44. The minimum Gasteiger partial charge on any atom is -0.354 e. The van der Waals surface area contributed by atoms with E-state index in [-0.39, 0.29) is 17.9 Å². The third-order valence-electron chi connectivity index (χ3n) is 6.32. The van der Waals surface area contributed by atoms with Crippen LogP contribution in [0.3, 0.4) is 0 Å². The van der Waals surface area contributed by atoms with Gasteiger partial charge in [0.15, 0.2) is 0 Å². The van der Waals surface area contributed by atoms with E-state index in [2.05, 4.69) is 36.2 Å². The van der Waals surface area contributed by atoms with Gasteiger partial charge in [-0.2, -0.15) is 4.31 Å². The third-order valence-corrected chi connectivity index (χ3v) is 7.89. The van der Waals surface area contributed by atoms with E-state index in [0.717, 1.165) is 18.7 Å². The second-order valence-corrected chi connectivity index (χ2v) is 10.1. The van der Waals surface area contributed by atoms with Crippen molar-refractivity contribution >= 4 is 22.0 Å². The molecule has 1 aliphatic heterocycles. The zero-order chi connectivity index (χ0) is 23.7. The van der Waals surface area contributed by atoms with Gasteiger partial charge in [-0.15, -0.1) is 0 Å². The molecule has 0 unspecified atom stereocenters. The summed E-state index contributed by atoms with van der Waals surface area (Å²) in [6, 6.07) is 19.7. The quantitative estimate of drug-likeness (QED) is 0.573. The Morgan fingerprint density at radius 2 is 1.61 bits per heavy atom. The van der Waals surface area contributed by atoms with Crippen LogP contribution in [0.25, 0.3) is 6.08 Å². The Labute approximate surface area is 198 Å². The standard InChI is InChI=1S/C26H35N3O3S/c1-3-28(4-2)25(23-13-9-6-10-14-23)21-27-26(30)24-15-18-29(19-16-24)33(31,32)20-17-22-11-7-5-8-12-22/h5-14,17,20,24-25H,3-4,15-16,18-19,21H2,1-2H3,(H,27,30)/b20-17+/t25-/m0/s1. The summed E-state index contributed by atoms with van der Waals surface area (Å²) in [6.45, 7) is 7.32. The molecule has 1 N–H and O–H groups in total. The fourth-order valence-electron chi connectivity index (χ4n) is 4.33. The molecular formula is C26H35N3O3S. The molecule has 0 radical (unpaired) electrons. The van der Waals surface area contributed by atoms with E-state index in [1.165, 1.54) is 15.3 Å². The number of piperidine rings is 1. The number of hydrogen-bond acceptors (Lipinski definition) is 4. The summed E-state index contributed by atoms with van der Waals surface area (Å²) in [4.78, 5) is 15.2. The number of hydrogen-bond donors (Lipinski definition) is 1. The van der Waals surface area contributed by atoms with E-state index in [4.69, 9.17) is 0 Å². The predicted octanol–water partition coefficient (Wildman–Crippen LogP) is 3.90. The molecule has 1 fully saturated rings. The molecule has 6 nitrogen and oxygen atoms in total. The van der Waals surface area contributed by atoms with E-state index in [1.807, 2.05) is 48.5 Å². The maximum Gasteiger partial charge on any atom is 0.236 e. The molecule has 7 heteroatoms. The lowest BCUT2D eigenvalue weighted by atomic mass is 9.97. The molecule has 178 valence electrons. The average Bonchev–Trinajstić information content (AvgIpc) is 2.86. The number of rotatable bonds is 10. The molecule has 3 rings (SSSR count). The molecule has 0 aliphatic carbocycles. The molecule has 1 amide bonds. The van der Waals surface area contributed by atoms with Gasteiger partial charge in [0.1, 0.15) is 0 Å². The van der Waals surface area contributed by atoms with Crippen molar-refractivity contribution in [3.8, 4) is 0 Å². The Kier molecular flexibility index (Phi) is 9.23. The van der Waals surface area contributed by atoms with Crippen molar-refractivity contribution in [2.75, 3.05) is 32.7 Å². The summed E-state index contributed by atoms with van der Waals surface area (Å²) in [6.07, 6.45) is 2.68. The number of carbonyl (C=O) groups excluding carboxylic acids is 1. The lowest BCUT2D eigenvalue weighted by molar-refractivity contribution is -0.126. The first-order chi connectivity index (χ1) is 15.9. The Morgan fingerprint density at radius 1 is 1.03 bits per heavy atom. The molecule has 2 aromatic rings. The highest BCUT2D eigenvalue weighted by Gasteiger charge is 2.30. The minimum absolute atomic E-state index is 0.0139. The van der Waals surface area contributed by atoms with E-state index < -0.39 is 10.0 Å². The van der Waals surface area contributed by atoms with Gasteiger partial charge in [0.2, 0.25) is 15.9 Å². The summed E-state index contributed by atoms with van der Waals surface area (Å²) in [5.74, 6) is -0.150. The van der Waals surface area contributed by atoms with Crippen LogP contribution in [-0.4, -0.2) is 56.3 Å². The number of carbonyl (C=O) groups is 1. The van der Waals surface area contributed by atoms with E-state index >= 15 is 0 Å². The first-order valence-electron chi connectivity index (χ1n) is 11.7. The van der Waals surface area contributed by atoms with E-state index in [1.54, 1.807) is 6.08 Å². The van der Waals surface area contributed by atoms with Crippen LogP contribution in [0.15, 0.2) is 66.1 Å². The Bertz CT molecular complexity index is 998. The Balaban J connectivity index is 1.54. The smallest absolute Gasteiger partial charge is 0.236 e. The number of sulfonamides is 1. The predicted molar refractivity (Wildman–Crippen MR) is 134 cm³/mol. The van der Waals surface area contributed by atoms with Gasteiger partial charge in [-0.1, -0.05) is 74.5 Å². The Hall–Kier alpha value is -2.48. The number of nitrogens with one attached hydrogen (secondary N) is 1. The van der Waals surface area contributed by atoms with Gasteiger partial charge in [-0.25, -0.2) is 8.42 Å². The van der Waals surface area contributed by atoms with Crippen LogP contribution in [0.4, 0.5) is 0 Å². The highest BCUT2D eigenvalue weighted by molar-refractivity contribution is 7.92. The molecule has 0 spiro atoms. The third kappa shape index (κ3) is 7.00. The fourth-order valence-corrected chi connectivity index (χ4v) is 5.55. The number of benzene rings is 2. The zero-order valence-electron chi connectivity index (χ0n) is 19.6. The first-order valence-corrected chi connectivity index (χ1v) is 13.2. The topological polar surface area (TPSA) is 69.7 Å². The van der Waals surface area contributed by atoms with Gasteiger partial charge in [0, 0.05) is 31.0 Å². The van der Waals surface area contributed by atoms with Gasteiger partial charge < -0.3 is 5.32 Å². The Morgan fingerprint density at radius 3 is 2.18 bits per heavy atom. The molecule has 33 heavy (non-hydrogen) atoms. The van der Waals surface area contributed by atoms with Gasteiger partial charge >= 0.3 is 0 Å². The van der Waals surface area contributed by atoms with Gasteiger partial charge in [0.05, 0.1) is 6.04 Å². The normalized spacial score (nSPS) is 16.8. The molecule has 0 saturated carbocycles. The molecule has 0 aromatic heterocycles. The van der Waals surface area contributed by atoms with Gasteiger partial charge in [-0.3, -0.25) is 9.69 Å². The van der Waals surface area contributed by atoms with Crippen molar-refractivity contribution in [1.29, 1.82) is 0 Å². The van der Waals surface area contributed by atoms with Crippen LogP contribution in [0.2, 0.25) is 0 Å². The summed E-state index contributed by atoms with van der Waals surface area (Å²) < 4.78 is 26.8. The van der Waals surface area contributed by atoms with Crippen LogP contribution in [0, 0.1) is 5.92 Å². The van der Waals surface area contributed by atoms with Crippen molar-refractivity contribution in [2.24, 2.45) is 5.92 Å². The van der Waals surface area contributed by atoms with E-state index in [0.29, 0.717) is 32.5 Å². The largest absolute Gasteiger partial charge is 0.354 e. The maximum atomic E-state index is 12.9. The van der Waals surface area contributed by atoms with E-state index in [9.17, 15) is 13.2 Å². The van der Waals surface area contributed by atoms with Crippen LogP contribution < -0.4 is 5.32 Å². The van der Waals surface area contributed by atoms with Crippen LogP contribution in [0.1, 0.15) is 43.9 Å². The highest BCUT2D eigenvalue weighted by Crippen LogP contribution is 2.23. The molecule has 1 aliphatic rings. The second kappa shape index (κ2) is 12.1. The van der Waals surface area contributed by atoms with Crippen molar-refractivity contribution in [3.63, 3.8) is 0 Å². The lowest BCUT2D eigenvalue weighted by Gasteiger charge is -2.32.